The van der Waals surface area contributed by atoms with Crippen LogP contribution in [0.2, 0.25) is 0 Å². The molecule has 4 heteroatoms. The third-order valence-electron chi connectivity index (χ3n) is 2.77. The largest absolute Gasteiger partial charge is 0.378 e. The van der Waals surface area contributed by atoms with Gasteiger partial charge in [0, 0.05) is 12.6 Å². The molecule has 1 amide bonds. The minimum absolute atomic E-state index is 0.231. The van der Waals surface area contributed by atoms with E-state index in [2.05, 4.69) is 18.7 Å². The lowest BCUT2D eigenvalue weighted by Gasteiger charge is -2.37. The molecule has 82 valence electrons. The summed E-state index contributed by atoms with van der Waals surface area (Å²) in [5.41, 5.74) is 5.33. The fourth-order valence-electron chi connectivity index (χ4n) is 1.97. The van der Waals surface area contributed by atoms with Crippen LogP contribution >= 0.6 is 0 Å². The van der Waals surface area contributed by atoms with Gasteiger partial charge in [0.15, 0.2) is 0 Å². The summed E-state index contributed by atoms with van der Waals surface area (Å²) in [4.78, 5) is 13.3. The molecule has 0 radical (unpaired) electrons. The number of hydrogen-bond donors (Lipinski definition) is 1. The number of primary amides is 1. The van der Waals surface area contributed by atoms with E-state index in [1.165, 1.54) is 0 Å². The SMILES string of the molecule is CCC[C@@H](C)N1CCOC[C@@H]1C(N)=O. The normalized spacial score (nSPS) is 26.0. The molecule has 1 saturated heterocycles. The van der Waals surface area contributed by atoms with Gasteiger partial charge in [-0.1, -0.05) is 13.3 Å². The Morgan fingerprint density at radius 3 is 3.00 bits per heavy atom. The van der Waals surface area contributed by atoms with Crippen LogP contribution in [0.3, 0.4) is 0 Å². The number of carbonyl (C=O) groups excluding carboxylic acids is 1. The first kappa shape index (κ1) is 11.5. The maximum atomic E-state index is 11.2. The van der Waals surface area contributed by atoms with Crippen LogP contribution in [0, 0.1) is 0 Å². The number of morpholine rings is 1. The van der Waals surface area contributed by atoms with Crippen LogP contribution in [0.5, 0.6) is 0 Å². The number of carbonyl (C=O) groups is 1. The van der Waals surface area contributed by atoms with Gasteiger partial charge in [-0.15, -0.1) is 0 Å². The molecule has 0 aromatic heterocycles. The van der Waals surface area contributed by atoms with E-state index >= 15 is 0 Å². The van der Waals surface area contributed by atoms with Crippen LogP contribution in [0.4, 0.5) is 0 Å². The summed E-state index contributed by atoms with van der Waals surface area (Å²) in [7, 11) is 0. The molecule has 0 bridgehead atoms. The minimum Gasteiger partial charge on any atom is -0.378 e. The number of nitrogens with zero attached hydrogens (tertiary/aromatic N) is 1. The third-order valence-corrected chi connectivity index (χ3v) is 2.77. The first-order valence-electron chi connectivity index (χ1n) is 5.29. The van der Waals surface area contributed by atoms with Crippen LogP contribution < -0.4 is 5.73 Å². The molecule has 0 saturated carbocycles. The predicted octanol–water partition coefficient (Wildman–Crippen LogP) is 0.361. The van der Waals surface area contributed by atoms with Crippen LogP contribution in [0.25, 0.3) is 0 Å². The molecule has 1 rings (SSSR count). The fourth-order valence-corrected chi connectivity index (χ4v) is 1.97. The zero-order valence-electron chi connectivity index (χ0n) is 9.03. The number of amides is 1. The molecule has 1 fully saturated rings. The molecule has 2 atom stereocenters. The Balaban J connectivity index is 2.57. The van der Waals surface area contributed by atoms with Crippen molar-refractivity contribution in [1.29, 1.82) is 0 Å². The summed E-state index contributed by atoms with van der Waals surface area (Å²) < 4.78 is 5.26. The Hall–Kier alpha value is -0.610. The maximum Gasteiger partial charge on any atom is 0.237 e. The molecule has 14 heavy (non-hydrogen) atoms. The standard InChI is InChI=1S/C10H20N2O2/c1-3-4-8(2)12-5-6-14-7-9(12)10(11)13/h8-9H,3-7H2,1-2H3,(H2,11,13)/t8-,9-/m1/s1. The molecule has 1 aliphatic heterocycles. The van der Waals surface area contributed by atoms with E-state index in [-0.39, 0.29) is 11.9 Å². The van der Waals surface area contributed by atoms with Crippen molar-refractivity contribution < 1.29 is 9.53 Å². The Morgan fingerprint density at radius 2 is 2.43 bits per heavy atom. The average molecular weight is 200 g/mol. The van der Waals surface area contributed by atoms with E-state index in [1.807, 2.05) is 0 Å². The molecule has 4 nitrogen and oxygen atoms in total. The Kier molecular flexibility index (Phi) is 4.35. The van der Waals surface area contributed by atoms with Crippen molar-refractivity contribution in [3.63, 3.8) is 0 Å². The topological polar surface area (TPSA) is 55.6 Å². The maximum absolute atomic E-state index is 11.2. The molecule has 0 aromatic rings. The minimum atomic E-state index is -0.271. The van der Waals surface area contributed by atoms with Gasteiger partial charge in [-0.3, -0.25) is 9.69 Å². The van der Waals surface area contributed by atoms with Crippen molar-refractivity contribution in [2.24, 2.45) is 5.73 Å². The van der Waals surface area contributed by atoms with Crippen molar-refractivity contribution >= 4 is 5.91 Å². The second-order valence-corrected chi connectivity index (χ2v) is 3.87. The molecule has 1 heterocycles. The first-order valence-corrected chi connectivity index (χ1v) is 5.29. The van der Waals surface area contributed by atoms with Crippen molar-refractivity contribution in [1.82, 2.24) is 4.90 Å². The lowest BCUT2D eigenvalue weighted by Crippen LogP contribution is -2.55. The van der Waals surface area contributed by atoms with E-state index in [1.54, 1.807) is 0 Å². The lowest BCUT2D eigenvalue weighted by atomic mass is 10.1. The summed E-state index contributed by atoms with van der Waals surface area (Å²) in [6.45, 7) is 6.26. The zero-order chi connectivity index (χ0) is 10.6. The van der Waals surface area contributed by atoms with E-state index in [9.17, 15) is 4.79 Å². The third kappa shape index (κ3) is 2.69. The molecule has 0 spiro atoms. The highest BCUT2D eigenvalue weighted by Gasteiger charge is 2.30. The zero-order valence-corrected chi connectivity index (χ0v) is 9.03. The summed E-state index contributed by atoms with van der Waals surface area (Å²) in [5, 5.41) is 0. The van der Waals surface area contributed by atoms with Crippen LogP contribution in [0.15, 0.2) is 0 Å². The van der Waals surface area contributed by atoms with Gasteiger partial charge < -0.3 is 10.5 Å². The van der Waals surface area contributed by atoms with Gasteiger partial charge in [-0.25, -0.2) is 0 Å². The van der Waals surface area contributed by atoms with Crippen LogP contribution in [-0.4, -0.2) is 42.6 Å². The highest BCUT2D eigenvalue weighted by atomic mass is 16.5. The van der Waals surface area contributed by atoms with E-state index in [0.717, 1.165) is 19.4 Å². The van der Waals surface area contributed by atoms with Gasteiger partial charge in [0.1, 0.15) is 6.04 Å². The van der Waals surface area contributed by atoms with Crippen molar-refractivity contribution in [2.75, 3.05) is 19.8 Å². The van der Waals surface area contributed by atoms with Crippen molar-refractivity contribution in [3.05, 3.63) is 0 Å². The molecule has 0 aliphatic carbocycles. The summed E-state index contributed by atoms with van der Waals surface area (Å²) >= 11 is 0. The van der Waals surface area contributed by atoms with Gasteiger partial charge >= 0.3 is 0 Å². The average Bonchev–Trinajstić information content (AvgIpc) is 2.18. The molecular formula is C10H20N2O2. The van der Waals surface area contributed by atoms with Gasteiger partial charge in [-0.05, 0) is 13.3 Å². The van der Waals surface area contributed by atoms with Crippen molar-refractivity contribution in [2.45, 2.75) is 38.8 Å². The van der Waals surface area contributed by atoms with E-state index in [4.69, 9.17) is 10.5 Å². The van der Waals surface area contributed by atoms with Crippen LogP contribution in [-0.2, 0) is 9.53 Å². The predicted molar refractivity (Wildman–Crippen MR) is 54.9 cm³/mol. The number of hydrogen-bond acceptors (Lipinski definition) is 3. The number of ether oxygens (including phenoxy) is 1. The summed E-state index contributed by atoms with van der Waals surface area (Å²) in [6.07, 6.45) is 2.23. The second kappa shape index (κ2) is 5.32. The lowest BCUT2D eigenvalue weighted by molar-refractivity contribution is -0.131. The van der Waals surface area contributed by atoms with E-state index in [0.29, 0.717) is 19.3 Å². The highest BCUT2D eigenvalue weighted by molar-refractivity contribution is 5.80. The molecular weight excluding hydrogens is 180 g/mol. The van der Waals surface area contributed by atoms with E-state index < -0.39 is 0 Å². The quantitative estimate of drug-likeness (QED) is 0.713. The monoisotopic (exact) mass is 200 g/mol. The van der Waals surface area contributed by atoms with Gasteiger partial charge in [-0.2, -0.15) is 0 Å². The second-order valence-electron chi connectivity index (χ2n) is 3.87. The molecule has 1 aliphatic rings. The van der Waals surface area contributed by atoms with Gasteiger partial charge in [0.2, 0.25) is 5.91 Å². The van der Waals surface area contributed by atoms with Crippen molar-refractivity contribution in [3.8, 4) is 0 Å². The number of rotatable bonds is 4. The molecule has 0 unspecified atom stereocenters. The fraction of sp³-hybridized carbons (Fsp3) is 0.900. The first-order chi connectivity index (χ1) is 6.66. The van der Waals surface area contributed by atoms with Gasteiger partial charge in [0.25, 0.3) is 0 Å². The smallest absolute Gasteiger partial charge is 0.237 e. The molecule has 2 N–H and O–H groups in total. The number of nitrogens with two attached hydrogens (primary N) is 1. The highest BCUT2D eigenvalue weighted by Crippen LogP contribution is 2.14. The van der Waals surface area contributed by atoms with Gasteiger partial charge in [0.05, 0.1) is 13.2 Å². The Morgan fingerprint density at radius 1 is 1.71 bits per heavy atom. The summed E-state index contributed by atoms with van der Waals surface area (Å²) in [5.74, 6) is -0.271. The molecule has 0 aromatic carbocycles. The Bertz CT molecular complexity index is 197. The summed E-state index contributed by atoms with van der Waals surface area (Å²) in [6, 6.07) is 0.187. The Labute approximate surface area is 85.4 Å². The van der Waals surface area contributed by atoms with Crippen LogP contribution in [0.1, 0.15) is 26.7 Å².